The van der Waals surface area contributed by atoms with Crippen LogP contribution < -0.4 is 0 Å². The molecule has 1 saturated carbocycles. The molecule has 3 nitrogen and oxygen atoms in total. The van der Waals surface area contributed by atoms with Crippen molar-refractivity contribution < 1.29 is 14.6 Å². The fourth-order valence-electron chi connectivity index (χ4n) is 1.50. The van der Waals surface area contributed by atoms with Gasteiger partial charge in [-0.15, -0.1) is 0 Å². The molecule has 1 aliphatic carbocycles. The van der Waals surface area contributed by atoms with E-state index < -0.39 is 11.2 Å². The van der Waals surface area contributed by atoms with Crippen LogP contribution in [0.25, 0.3) is 0 Å². The third-order valence-electron chi connectivity index (χ3n) is 2.44. The number of rotatable bonds is 3. The minimum Gasteiger partial charge on any atom is -0.457 e. The Morgan fingerprint density at radius 2 is 2.07 bits per heavy atom. The fraction of sp³-hybridized carbons (Fsp3) is 0.750. The standard InChI is InChI=1S/C12H20O3/c1-11(2,3)15-10(13)6-4-7-12(14)8-5-9-12/h4,6,14H,5,7-9H2,1-3H3/b6-4+. The molecule has 0 unspecified atom stereocenters. The van der Waals surface area contributed by atoms with E-state index >= 15 is 0 Å². The van der Waals surface area contributed by atoms with Crippen LogP contribution in [0.1, 0.15) is 46.5 Å². The Hall–Kier alpha value is -0.830. The van der Waals surface area contributed by atoms with Crippen LogP contribution in [-0.4, -0.2) is 22.3 Å². The average molecular weight is 212 g/mol. The second kappa shape index (κ2) is 4.35. The molecule has 86 valence electrons. The highest BCUT2D eigenvalue weighted by atomic mass is 16.6. The topological polar surface area (TPSA) is 46.5 Å². The second-order valence-electron chi connectivity index (χ2n) is 5.22. The summed E-state index contributed by atoms with van der Waals surface area (Å²) in [5.74, 6) is -0.342. The van der Waals surface area contributed by atoms with Crippen LogP contribution in [-0.2, 0) is 9.53 Å². The fourth-order valence-corrected chi connectivity index (χ4v) is 1.50. The second-order valence-corrected chi connectivity index (χ2v) is 5.22. The number of esters is 1. The van der Waals surface area contributed by atoms with Gasteiger partial charge in [0.25, 0.3) is 0 Å². The molecular weight excluding hydrogens is 192 g/mol. The smallest absolute Gasteiger partial charge is 0.330 e. The van der Waals surface area contributed by atoms with Crippen molar-refractivity contribution in [3.8, 4) is 0 Å². The number of aliphatic hydroxyl groups is 1. The molecule has 0 aromatic heterocycles. The maximum Gasteiger partial charge on any atom is 0.330 e. The van der Waals surface area contributed by atoms with Gasteiger partial charge in [0.1, 0.15) is 5.60 Å². The van der Waals surface area contributed by atoms with Crippen molar-refractivity contribution in [1.82, 2.24) is 0 Å². The molecule has 0 radical (unpaired) electrons. The first-order valence-electron chi connectivity index (χ1n) is 5.43. The van der Waals surface area contributed by atoms with Crippen LogP contribution in [0, 0.1) is 0 Å². The van der Waals surface area contributed by atoms with Gasteiger partial charge >= 0.3 is 5.97 Å². The van der Waals surface area contributed by atoms with E-state index in [2.05, 4.69) is 0 Å². The van der Waals surface area contributed by atoms with Crippen LogP contribution in [0.15, 0.2) is 12.2 Å². The predicted octanol–water partition coefficient (Wildman–Crippen LogP) is 2.19. The molecule has 1 N–H and O–H groups in total. The Bertz CT molecular complexity index is 257. The number of ether oxygens (including phenoxy) is 1. The zero-order valence-electron chi connectivity index (χ0n) is 9.75. The molecule has 1 fully saturated rings. The van der Waals surface area contributed by atoms with E-state index in [0.29, 0.717) is 6.42 Å². The summed E-state index contributed by atoms with van der Waals surface area (Å²) in [6.07, 6.45) is 6.41. The van der Waals surface area contributed by atoms with Gasteiger partial charge in [-0.1, -0.05) is 6.08 Å². The van der Waals surface area contributed by atoms with Crippen LogP contribution in [0.5, 0.6) is 0 Å². The summed E-state index contributed by atoms with van der Waals surface area (Å²) in [6.45, 7) is 5.49. The van der Waals surface area contributed by atoms with Gasteiger partial charge in [-0.3, -0.25) is 0 Å². The number of carbonyl (C=O) groups excluding carboxylic acids is 1. The van der Waals surface area contributed by atoms with E-state index in [1.807, 2.05) is 20.8 Å². The zero-order chi connectivity index (χ0) is 11.5. The summed E-state index contributed by atoms with van der Waals surface area (Å²) in [5, 5.41) is 9.75. The van der Waals surface area contributed by atoms with Gasteiger partial charge in [0.2, 0.25) is 0 Å². The molecule has 1 rings (SSSR count). The van der Waals surface area contributed by atoms with Gasteiger partial charge in [0.15, 0.2) is 0 Å². The van der Waals surface area contributed by atoms with E-state index in [1.165, 1.54) is 6.08 Å². The van der Waals surface area contributed by atoms with Gasteiger partial charge in [-0.05, 0) is 46.5 Å². The first-order chi connectivity index (χ1) is 6.81. The minimum absolute atomic E-state index is 0.342. The lowest BCUT2D eigenvalue weighted by atomic mass is 9.78. The van der Waals surface area contributed by atoms with Crippen LogP contribution in [0.3, 0.4) is 0 Å². The van der Waals surface area contributed by atoms with Gasteiger partial charge < -0.3 is 9.84 Å². The van der Waals surface area contributed by atoms with Crippen LogP contribution >= 0.6 is 0 Å². The molecule has 0 heterocycles. The Labute approximate surface area is 91.1 Å². The average Bonchev–Trinajstić information content (AvgIpc) is 1.97. The molecule has 0 saturated heterocycles. The highest BCUT2D eigenvalue weighted by Crippen LogP contribution is 2.34. The summed E-state index contributed by atoms with van der Waals surface area (Å²) >= 11 is 0. The zero-order valence-corrected chi connectivity index (χ0v) is 9.75. The Morgan fingerprint density at radius 3 is 2.47 bits per heavy atom. The molecule has 3 heteroatoms. The Balaban J connectivity index is 2.28. The highest BCUT2D eigenvalue weighted by molar-refractivity contribution is 5.82. The minimum atomic E-state index is -0.557. The van der Waals surface area contributed by atoms with Crippen molar-refractivity contribution in [1.29, 1.82) is 0 Å². The Kier molecular flexibility index (Phi) is 3.55. The van der Waals surface area contributed by atoms with E-state index in [9.17, 15) is 9.90 Å². The SMILES string of the molecule is CC(C)(C)OC(=O)/C=C/CC1(O)CCC1. The van der Waals surface area contributed by atoms with Crippen molar-refractivity contribution in [3.05, 3.63) is 12.2 Å². The van der Waals surface area contributed by atoms with E-state index in [1.54, 1.807) is 6.08 Å². The number of hydrogen-bond donors (Lipinski definition) is 1. The van der Waals surface area contributed by atoms with Crippen molar-refractivity contribution in [2.45, 2.75) is 57.7 Å². The van der Waals surface area contributed by atoms with E-state index in [-0.39, 0.29) is 5.97 Å². The van der Waals surface area contributed by atoms with Crippen molar-refractivity contribution in [2.24, 2.45) is 0 Å². The Morgan fingerprint density at radius 1 is 1.47 bits per heavy atom. The highest BCUT2D eigenvalue weighted by Gasteiger charge is 2.32. The normalized spacial score (nSPS) is 20.0. The van der Waals surface area contributed by atoms with Crippen molar-refractivity contribution >= 4 is 5.97 Å². The maximum atomic E-state index is 11.3. The van der Waals surface area contributed by atoms with Gasteiger partial charge in [0.05, 0.1) is 5.60 Å². The molecular formula is C12H20O3. The van der Waals surface area contributed by atoms with Crippen LogP contribution in [0.4, 0.5) is 0 Å². The quantitative estimate of drug-likeness (QED) is 0.576. The van der Waals surface area contributed by atoms with Gasteiger partial charge in [0, 0.05) is 6.08 Å². The molecule has 0 aliphatic heterocycles. The van der Waals surface area contributed by atoms with Gasteiger partial charge in [-0.2, -0.15) is 0 Å². The lowest BCUT2D eigenvalue weighted by Crippen LogP contribution is -2.35. The largest absolute Gasteiger partial charge is 0.457 e. The monoisotopic (exact) mass is 212 g/mol. The summed E-state index contributed by atoms with van der Waals surface area (Å²) < 4.78 is 5.10. The molecule has 1 aliphatic rings. The molecule has 0 aromatic rings. The molecule has 0 spiro atoms. The first-order valence-corrected chi connectivity index (χ1v) is 5.43. The van der Waals surface area contributed by atoms with Gasteiger partial charge in [-0.25, -0.2) is 4.79 Å². The molecule has 15 heavy (non-hydrogen) atoms. The van der Waals surface area contributed by atoms with Crippen LogP contribution in [0.2, 0.25) is 0 Å². The lowest BCUT2D eigenvalue weighted by molar-refractivity contribution is -0.148. The molecule has 0 atom stereocenters. The van der Waals surface area contributed by atoms with E-state index in [4.69, 9.17) is 4.74 Å². The third kappa shape index (κ3) is 4.47. The van der Waals surface area contributed by atoms with E-state index in [0.717, 1.165) is 19.3 Å². The number of hydrogen-bond acceptors (Lipinski definition) is 3. The molecule has 0 amide bonds. The maximum absolute atomic E-state index is 11.3. The molecule has 0 bridgehead atoms. The molecule has 0 aromatic carbocycles. The van der Waals surface area contributed by atoms with Crippen molar-refractivity contribution in [2.75, 3.05) is 0 Å². The third-order valence-corrected chi connectivity index (χ3v) is 2.44. The lowest BCUT2D eigenvalue weighted by Gasteiger charge is -2.35. The summed E-state index contributed by atoms with van der Waals surface area (Å²) in [7, 11) is 0. The first kappa shape index (κ1) is 12.2. The summed E-state index contributed by atoms with van der Waals surface area (Å²) in [4.78, 5) is 11.3. The summed E-state index contributed by atoms with van der Waals surface area (Å²) in [5.41, 5.74) is -1.01. The number of carbonyl (C=O) groups is 1. The van der Waals surface area contributed by atoms with Crippen molar-refractivity contribution in [3.63, 3.8) is 0 Å². The predicted molar refractivity (Wildman–Crippen MR) is 58.4 cm³/mol. The summed E-state index contributed by atoms with van der Waals surface area (Å²) in [6, 6.07) is 0.